The normalized spacial score (nSPS) is 10.7. The fourth-order valence-corrected chi connectivity index (χ4v) is 2.52. The lowest BCUT2D eigenvalue weighted by Gasteiger charge is -2.11. The number of Topliss-reactive ketones (excluding diaryl/α,β-unsaturated/α-hetero) is 1. The summed E-state index contributed by atoms with van der Waals surface area (Å²) in [6.07, 6.45) is 1.69. The van der Waals surface area contributed by atoms with Gasteiger partial charge in [0, 0.05) is 18.3 Å². The van der Waals surface area contributed by atoms with E-state index < -0.39 is 0 Å². The minimum atomic E-state index is -0.180. The number of rotatable bonds is 5. The number of pyridine rings is 1. The number of nitrogens with zero attached hydrogens (tertiary/aromatic N) is 2. The SMILES string of the molecule is COc1ccc(C(C)=O)c(OCc2cc(=O)n3ccc(C)cc3n2)c1. The summed E-state index contributed by atoms with van der Waals surface area (Å²) in [5.41, 5.74) is 2.34. The monoisotopic (exact) mass is 338 g/mol. The molecule has 0 radical (unpaired) electrons. The first-order valence-electron chi connectivity index (χ1n) is 7.78. The van der Waals surface area contributed by atoms with Gasteiger partial charge in [-0.25, -0.2) is 4.98 Å². The molecule has 0 N–H and O–H groups in total. The Bertz CT molecular complexity index is 1010. The summed E-state index contributed by atoms with van der Waals surface area (Å²) >= 11 is 0. The van der Waals surface area contributed by atoms with Crippen molar-refractivity contribution in [3.63, 3.8) is 0 Å². The van der Waals surface area contributed by atoms with E-state index in [-0.39, 0.29) is 17.9 Å². The number of fused-ring (bicyclic) bond motifs is 1. The first kappa shape index (κ1) is 16.7. The first-order valence-corrected chi connectivity index (χ1v) is 7.78. The summed E-state index contributed by atoms with van der Waals surface area (Å²) in [7, 11) is 1.54. The van der Waals surface area contributed by atoms with Crippen LogP contribution in [0.1, 0.15) is 28.5 Å². The molecule has 0 fully saturated rings. The van der Waals surface area contributed by atoms with Gasteiger partial charge in [0.1, 0.15) is 23.8 Å². The average molecular weight is 338 g/mol. The molecule has 0 saturated carbocycles. The fourth-order valence-electron chi connectivity index (χ4n) is 2.52. The number of ether oxygens (including phenoxy) is 2. The molecule has 0 bridgehead atoms. The Morgan fingerprint density at radius 2 is 2.00 bits per heavy atom. The second-order valence-electron chi connectivity index (χ2n) is 5.72. The molecular formula is C19H18N2O4. The average Bonchev–Trinajstić information content (AvgIpc) is 2.59. The van der Waals surface area contributed by atoms with Crippen LogP contribution in [0.3, 0.4) is 0 Å². The molecule has 1 aromatic carbocycles. The van der Waals surface area contributed by atoms with Crippen LogP contribution in [-0.2, 0) is 6.61 Å². The number of hydrogen-bond acceptors (Lipinski definition) is 5. The van der Waals surface area contributed by atoms with E-state index in [2.05, 4.69) is 4.98 Å². The highest BCUT2D eigenvalue weighted by molar-refractivity contribution is 5.97. The van der Waals surface area contributed by atoms with Gasteiger partial charge >= 0.3 is 0 Å². The number of hydrogen-bond donors (Lipinski definition) is 0. The van der Waals surface area contributed by atoms with Gasteiger partial charge in [-0.2, -0.15) is 0 Å². The van der Waals surface area contributed by atoms with Crippen LogP contribution in [0.25, 0.3) is 5.65 Å². The molecule has 0 aliphatic heterocycles. The number of methoxy groups -OCH3 is 1. The zero-order valence-electron chi connectivity index (χ0n) is 14.3. The van der Waals surface area contributed by atoms with Crippen LogP contribution in [0, 0.1) is 6.92 Å². The predicted octanol–water partition coefficient (Wildman–Crippen LogP) is 2.79. The van der Waals surface area contributed by atoms with Gasteiger partial charge in [-0.05, 0) is 43.7 Å². The van der Waals surface area contributed by atoms with Crippen molar-refractivity contribution in [1.82, 2.24) is 9.38 Å². The van der Waals surface area contributed by atoms with Crippen LogP contribution < -0.4 is 15.0 Å². The predicted molar refractivity (Wildman–Crippen MR) is 93.5 cm³/mol. The zero-order valence-corrected chi connectivity index (χ0v) is 14.3. The smallest absolute Gasteiger partial charge is 0.258 e. The standard InChI is InChI=1S/C19H18N2O4/c1-12-6-7-21-18(8-12)20-14(9-19(21)23)11-25-17-10-15(24-3)4-5-16(17)13(2)22/h4-10H,11H2,1-3H3. The van der Waals surface area contributed by atoms with Crippen molar-refractivity contribution in [2.45, 2.75) is 20.5 Å². The van der Waals surface area contributed by atoms with Crippen LogP contribution in [0.4, 0.5) is 0 Å². The molecule has 6 nitrogen and oxygen atoms in total. The van der Waals surface area contributed by atoms with Gasteiger partial charge in [-0.15, -0.1) is 0 Å². The highest BCUT2D eigenvalue weighted by atomic mass is 16.5. The summed E-state index contributed by atoms with van der Waals surface area (Å²) < 4.78 is 12.4. The zero-order chi connectivity index (χ0) is 18.0. The van der Waals surface area contributed by atoms with Crippen LogP contribution >= 0.6 is 0 Å². The Morgan fingerprint density at radius 1 is 1.20 bits per heavy atom. The van der Waals surface area contributed by atoms with Gasteiger partial charge in [-0.3, -0.25) is 14.0 Å². The topological polar surface area (TPSA) is 69.9 Å². The summed E-state index contributed by atoms with van der Waals surface area (Å²) in [6, 6.07) is 10.1. The Morgan fingerprint density at radius 3 is 2.72 bits per heavy atom. The second-order valence-corrected chi connectivity index (χ2v) is 5.72. The van der Waals surface area contributed by atoms with E-state index >= 15 is 0 Å². The van der Waals surface area contributed by atoms with Gasteiger partial charge in [0.2, 0.25) is 0 Å². The quantitative estimate of drug-likeness (QED) is 0.669. The Labute approximate surface area is 144 Å². The molecule has 0 spiro atoms. The van der Waals surface area contributed by atoms with Crippen LogP contribution in [0.15, 0.2) is 47.4 Å². The van der Waals surface area contributed by atoms with Gasteiger partial charge < -0.3 is 9.47 Å². The van der Waals surface area contributed by atoms with E-state index in [9.17, 15) is 9.59 Å². The van der Waals surface area contributed by atoms with Crippen molar-refractivity contribution >= 4 is 11.4 Å². The molecule has 128 valence electrons. The minimum absolute atomic E-state index is 0.0765. The van der Waals surface area contributed by atoms with Crippen LogP contribution in [0.2, 0.25) is 0 Å². The van der Waals surface area contributed by atoms with Crippen molar-refractivity contribution in [3.05, 3.63) is 69.8 Å². The van der Waals surface area contributed by atoms with E-state index in [1.165, 1.54) is 17.4 Å². The lowest BCUT2D eigenvalue weighted by Crippen LogP contribution is -2.16. The second kappa shape index (κ2) is 6.76. The maximum Gasteiger partial charge on any atom is 0.258 e. The third-order valence-corrected chi connectivity index (χ3v) is 3.82. The maximum absolute atomic E-state index is 12.2. The number of carbonyl (C=O) groups excluding carboxylic acids is 1. The minimum Gasteiger partial charge on any atom is -0.497 e. The molecular weight excluding hydrogens is 320 g/mol. The number of aryl methyl sites for hydroxylation is 1. The van der Waals surface area contributed by atoms with E-state index in [1.54, 1.807) is 31.5 Å². The van der Waals surface area contributed by atoms with Crippen molar-refractivity contribution in [2.24, 2.45) is 0 Å². The molecule has 6 heteroatoms. The first-order chi connectivity index (χ1) is 12.0. The van der Waals surface area contributed by atoms with E-state index in [1.807, 2.05) is 19.1 Å². The lowest BCUT2D eigenvalue weighted by molar-refractivity contribution is 0.101. The molecule has 2 heterocycles. The lowest BCUT2D eigenvalue weighted by atomic mass is 10.1. The van der Waals surface area contributed by atoms with Crippen molar-refractivity contribution < 1.29 is 14.3 Å². The van der Waals surface area contributed by atoms with Crippen molar-refractivity contribution in [2.75, 3.05) is 7.11 Å². The third kappa shape index (κ3) is 3.52. The number of benzene rings is 1. The van der Waals surface area contributed by atoms with E-state index in [4.69, 9.17) is 9.47 Å². The fraction of sp³-hybridized carbons (Fsp3) is 0.211. The number of carbonyl (C=O) groups is 1. The molecule has 3 aromatic rings. The molecule has 3 rings (SSSR count). The summed E-state index contributed by atoms with van der Waals surface area (Å²) in [6.45, 7) is 3.48. The van der Waals surface area contributed by atoms with Crippen molar-refractivity contribution in [1.29, 1.82) is 0 Å². The molecule has 2 aromatic heterocycles. The maximum atomic E-state index is 12.2. The van der Waals surface area contributed by atoms with Crippen molar-refractivity contribution in [3.8, 4) is 11.5 Å². The Balaban J connectivity index is 1.92. The van der Waals surface area contributed by atoms with Gasteiger partial charge in [-0.1, -0.05) is 0 Å². The molecule has 25 heavy (non-hydrogen) atoms. The van der Waals surface area contributed by atoms with E-state index in [0.29, 0.717) is 28.4 Å². The van der Waals surface area contributed by atoms with E-state index in [0.717, 1.165) is 5.56 Å². The Hall–Kier alpha value is -3.15. The molecule has 0 amide bonds. The van der Waals surface area contributed by atoms with Gasteiger partial charge in [0.15, 0.2) is 5.78 Å². The molecule has 0 saturated heterocycles. The highest BCUT2D eigenvalue weighted by Gasteiger charge is 2.11. The number of ketones is 1. The van der Waals surface area contributed by atoms with Crippen LogP contribution in [-0.4, -0.2) is 22.3 Å². The number of aromatic nitrogens is 2. The molecule has 0 unspecified atom stereocenters. The highest BCUT2D eigenvalue weighted by Crippen LogP contribution is 2.26. The largest absolute Gasteiger partial charge is 0.497 e. The third-order valence-electron chi connectivity index (χ3n) is 3.82. The van der Waals surface area contributed by atoms with Gasteiger partial charge in [0.25, 0.3) is 5.56 Å². The Kier molecular flexibility index (Phi) is 4.52. The summed E-state index contributed by atoms with van der Waals surface area (Å²) in [5, 5.41) is 0. The summed E-state index contributed by atoms with van der Waals surface area (Å²) in [4.78, 5) is 28.4. The van der Waals surface area contributed by atoms with Gasteiger partial charge in [0.05, 0.1) is 18.4 Å². The summed E-state index contributed by atoms with van der Waals surface area (Å²) in [5.74, 6) is 0.875. The molecule has 0 aliphatic rings. The molecule has 0 atom stereocenters. The molecule has 0 aliphatic carbocycles. The van der Waals surface area contributed by atoms with Crippen LogP contribution in [0.5, 0.6) is 11.5 Å².